The van der Waals surface area contributed by atoms with Gasteiger partial charge in [-0.3, -0.25) is 9.89 Å². The normalized spacial score (nSPS) is 10.4. The Hall–Kier alpha value is -2.41. The third-order valence-electron chi connectivity index (χ3n) is 2.86. The lowest BCUT2D eigenvalue weighted by Gasteiger charge is -2.05. The second-order valence-electron chi connectivity index (χ2n) is 4.35. The summed E-state index contributed by atoms with van der Waals surface area (Å²) in [6.07, 6.45) is 0.779. The first kappa shape index (κ1) is 15.0. The Bertz CT molecular complexity index is 597. The van der Waals surface area contributed by atoms with E-state index in [-0.39, 0.29) is 11.9 Å². The van der Waals surface area contributed by atoms with Gasteiger partial charge >= 0.3 is 6.01 Å². The Morgan fingerprint density at radius 2 is 2.24 bits per heavy atom. The Morgan fingerprint density at radius 3 is 2.95 bits per heavy atom. The molecule has 7 nitrogen and oxygen atoms in total. The van der Waals surface area contributed by atoms with Crippen LogP contribution in [0.1, 0.15) is 16.8 Å². The summed E-state index contributed by atoms with van der Waals surface area (Å²) in [6.45, 7) is 1.20. The van der Waals surface area contributed by atoms with Crippen molar-refractivity contribution in [2.45, 2.75) is 6.42 Å². The molecule has 112 valence electrons. The number of amides is 1. The van der Waals surface area contributed by atoms with Gasteiger partial charge in [0.15, 0.2) is 5.82 Å². The fraction of sp³-hybridized carbons (Fsp3) is 0.357. The molecule has 0 bridgehead atoms. The van der Waals surface area contributed by atoms with Crippen molar-refractivity contribution in [1.29, 1.82) is 0 Å². The molecule has 0 radical (unpaired) electrons. The quantitative estimate of drug-likeness (QED) is 0.749. The Labute approximate surface area is 122 Å². The minimum atomic E-state index is -0.126. The van der Waals surface area contributed by atoms with Crippen molar-refractivity contribution < 1.29 is 14.3 Å². The first-order chi connectivity index (χ1) is 10.2. The van der Waals surface area contributed by atoms with Gasteiger partial charge in [-0.15, -0.1) is 5.10 Å². The molecule has 2 aromatic rings. The van der Waals surface area contributed by atoms with E-state index in [2.05, 4.69) is 20.5 Å². The molecule has 0 spiro atoms. The molecule has 1 aromatic heterocycles. The first-order valence-corrected chi connectivity index (χ1v) is 6.58. The molecular weight excluding hydrogens is 272 g/mol. The lowest BCUT2D eigenvalue weighted by atomic mass is 10.1. The van der Waals surface area contributed by atoms with Gasteiger partial charge in [0.25, 0.3) is 5.91 Å². The monoisotopic (exact) mass is 290 g/mol. The summed E-state index contributed by atoms with van der Waals surface area (Å²) in [5.41, 5.74) is 1.34. The number of hydrogen-bond donors (Lipinski definition) is 2. The number of nitrogens with one attached hydrogen (secondary N) is 2. The van der Waals surface area contributed by atoms with E-state index < -0.39 is 0 Å². The zero-order valence-corrected chi connectivity index (χ0v) is 12.0. The van der Waals surface area contributed by atoms with Crippen LogP contribution in [0.3, 0.4) is 0 Å². The molecule has 0 saturated carbocycles. The number of hydrogen-bond acceptors (Lipinski definition) is 5. The Kier molecular flexibility index (Phi) is 5.28. The zero-order chi connectivity index (χ0) is 15.1. The maximum absolute atomic E-state index is 12.0. The number of aromatic amines is 1. The van der Waals surface area contributed by atoms with Crippen LogP contribution in [-0.4, -0.2) is 48.5 Å². The summed E-state index contributed by atoms with van der Waals surface area (Å²) in [5, 5.41) is 9.49. The number of methoxy groups -OCH3 is 2. The van der Waals surface area contributed by atoms with Crippen molar-refractivity contribution in [3.8, 4) is 17.4 Å². The summed E-state index contributed by atoms with van der Waals surface area (Å²) in [4.78, 5) is 16.2. The van der Waals surface area contributed by atoms with E-state index in [1.807, 2.05) is 6.07 Å². The molecule has 7 heteroatoms. The molecule has 0 aliphatic rings. The van der Waals surface area contributed by atoms with Crippen molar-refractivity contribution in [3.05, 3.63) is 29.8 Å². The van der Waals surface area contributed by atoms with Gasteiger partial charge in [-0.2, -0.15) is 4.98 Å². The highest BCUT2D eigenvalue weighted by Gasteiger charge is 2.09. The van der Waals surface area contributed by atoms with Crippen molar-refractivity contribution in [2.24, 2.45) is 0 Å². The van der Waals surface area contributed by atoms with E-state index in [0.29, 0.717) is 24.5 Å². The minimum Gasteiger partial charge on any atom is -0.466 e. The number of nitrogens with zero attached hydrogens (tertiary/aromatic N) is 2. The van der Waals surface area contributed by atoms with E-state index in [1.165, 1.54) is 7.11 Å². The largest absolute Gasteiger partial charge is 0.466 e. The topological polar surface area (TPSA) is 89.1 Å². The van der Waals surface area contributed by atoms with Crippen molar-refractivity contribution in [3.63, 3.8) is 0 Å². The molecule has 0 aliphatic carbocycles. The lowest BCUT2D eigenvalue weighted by molar-refractivity contribution is 0.0948. The predicted molar refractivity (Wildman–Crippen MR) is 77.2 cm³/mol. The highest BCUT2D eigenvalue weighted by molar-refractivity contribution is 5.95. The number of aromatic nitrogens is 3. The fourth-order valence-electron chi connectivity index (χ4n) is 1.80. The summed E-state index contributed by atoms with van der Waals surface area (Å²) in [7, 11) is 3.13. The lowest BCUT2D eigenvalue weighted by Crippen LogP contribution is -2.25. The van der Waals surface area contributed by atoms with Crippen molar-refractivity contribution >= 4 is 5.91 Å². The SMILES string of the molecule is COCCCNC(=O)c1cccc(-c2nc(OC)n[nH]2)c1. The van der Waals surface area contributed by atoms with Crippen LogP contribution in [0.15, 0.2) is 24.3 Å². The van der Waals surface area contributed by atoms with Crippen molar-refractivity contribution in [2.75, 3.05) is 27.4 Å². The first-order valence-electron chi connectivity index (χ1n) is 6.58. The van der Waals surface area contributed by atoms with Crippen LogP contribution in [0.4, 0.5) is 0 Å². The summed E-state index contributed by atoms with van der Waals surface area (Å²) >= 11 is 0. The third kappa shape index (κ3) is 4.03. The van der Waals surface area contributed by atoms with Crippen molar-refractivity contribution in [1.82, 2.24) is 20.5 Å². The van der Waals surface area contributed by atoms with Crippen LogP contribution >= 0.6 is 0 Å². The number of carbonyl (C=O) groups excluding carboxylic acids is 1. The van der Waals surface area contributed by atoms with Crippen LogP contribution < -0.4 is 10.1 Å². The van der Waals surface area contributed by atoms with Crippen LogP contribution in [0, 0.1) is 0 Å². The number of H-pyrrole nitrogens is 1. The highest BCUT2D eigenvalue weighted by Crippen LogP contribution is 2.18. The molecule has 0 unspecified atom stereocenters. The molecule has 1 heterocycles. The molecule has 21 heavy (non-hydrogen) atoms. The third-order valence-corrected chi connectivity index (χ3v) is 2.86. The van der Waals surface area contributed by atoms with Crippen LogP contribution in [-0.2, 0) is 4.74 Å². The average molecular weight is 290 g/mol. The maximum Gasteiger partial charge on any atom is 0.335 e. The van der Waals surface area contributed by atoms with E-state index in [0.717, 1.165) is 12.0 Å². The molecule has 0 atom stereocenters. The number of rotatable bonds is 7. The summed E-state index contributed by atoms with van der Waals surface area (Å²) in [5.74, 6) is 0.431. The van der Waals surface area contributed by atoms with Gasteiger partial charge in [0.2, 0.25) is 0 Å². The second kappa shape index (κ2) is 7.39. The molecule has 1 aromatic carbocycles. The molecule has 0 fully saturated rings. The van der Waals surface area contributed by atoms with Crippen LogP contribution in [0.2, 0.25) is 0 Å². The van der Waals surface area contributed by atoms with E-state index in [9.17, 15) is 4.79 Å². The molecular formula is C14H18N4O3. The number of benzene rings is 1. The predicted octanol–water partition coefficient (Wildman–Crippen LogP) is 1.25. The van der Waals surface area contributed by atoms with Gasteiger partial charge in [-0.25, -0.2) is 0 Å². The smallest absolute Gasteiger partial charge is 0.335 e. The van der Waals surface area contributed by atoms with Crippen LogP contribution in [0.5, 0.6) is 6.01 Å². The Morgan fingerprint density at radius 1 is 1.38 bits per heavy atom. The van der Waals surface area contributed by atoms with E-state index in [1.54, 1.807) is 25.3 Å². The van der Waals surface area contributed by atoms with Gasteiger partial charge < -0.3 is 14.8 Å². The van der Waals surface area contributed by atoms with Crippen LogP contribution in [0.25, 0.3) is 11.4 Å². The number of carbonyl (C=O) groups is 1. The molecule has 1 amide bonds. The van der Waals surface area contributed by atoms with Gasteiger partial charge in [0, 0.05) is 31.4 Å². The zero-order valence-electron chi connectivity index (χ0n) is 12.0. The highest BCUT2D eigenvalue weighted by atomic mass is 16.5. The molecule has 2 rings (SSSR count). The fourth-order valence-corrected chi connectivity index (χ4v) is 1.80. The standard InChI is InChI=1S/C14H18N4O3/c1-20-8-4-7-15-13(19)11-6-3-5-10(9-11)12-16-14(21-2)18-17-12/h3,5-6,9H,4,7-8H2,1-2H3,(H,15,19)(H,16,17,18). The average Bonchev–Trinajstić information content (AvgIpc) is 3.00. The van der Waals surface area contributed by atoms with E-state index in [4.69, 9.17) is 9.47 Å². The maximum atomic E-state index is 12.0. The molecule has 0 saturated heterocycles. The van der Waals surface area contributed by atoms with Gasteiger partial charge in [0.1, 0.15) is 0 Å². The van der Waals surface area contributed by atoms with E-state index >= 15 is 0 Å². The summed E-state index contributed by atoms with van der Waals surface area (Å²) < 4.78 is 9.86. The molecule has 2 N–H and O–H groups in total. The second-order valence-corrected chi connectivity index (χ2v) is 4.35. The van der Waals surface area contributed by atoms with Gasteiger partial charge in [-0.1, -0.05) is 12.1 Å². The summed E-state index contributed by atoms with van der Waals surface area (Å²) in [6, 6.07) is 7.42. The number of ether oxygens (including phenoxy) is 2. The molecule has 0 aliphatic heterocycles. The van der Waals surface area contributed by atoms with Gasteiger partial charge in [-0.05, 0) is 18.6 Å². The minimum absolute atomic E-state index is 0.126. The Balaban J connectivity index is 2.05. The van der Waals surface area contributed by atoms with Gasteiger partial charge in [0.05, 0.1) is 7.11 Å².